The van der Waals surface area contributed by atoms with Crippen LogP contribution < -0.4 is 0 Å². The van der Waals surface area contributed by atoms with Crippen LogP contribution in [0.5, 0.6) is 0 Å². The molecule has 1 unspecified atom stereocenters. The van der Waals surface area contributed by atoms with Crippen LogP contribution in [0.15, 0.2) is 36.4 Å². The molecule has 92 valence electrons. The van der Waals surface area contributed by atoms with E-state index in [0.717, 1.165) is 19.4 Å². The Morgan fingerprint density at radius 1 is 1.24 bits per heavy atom. The first-order valence-electron chi connectivity index (χ1n) is 6.66. The van der Waals surface area contributed by atoms with Crippen LogP contribution in [0.3, 0.4) is 0 Å². The Bertz CT molecular complexity index is 380. The molecular weight excluding hydrogens is 208 g/mol. The van der Waals surface area contributed by atoms with Crippen molar-refractivity contribution < 1.29 is 4.74 Å². The second-order valence-corrected chi connectivity index (χ2v) is 4.96. The van der Waals surface area contributed by atoms with E-state index in [-0.39, 0.29) is 5.60 Å². The van der Waals surface area contributed by atoms with Gasteiger partial charge in [0.1, 0.15) is 0 Å². The number of rotatable bonds is 4. The molecule has 1 aromatic carbocycles. The molecule has 1 aliphatic heterocycles. The largest absolute Gasteiger partial charge is 0.370 e. The minimum absolute atomic E-state index is 0.0877. The topological polar surface area (TPSA) is 9.23 Å². The van der Waals surface area contributed by atoms with Gasteiger partial charge in [0.2, 0.25) is 0 Å². The van der Waals surface area contributed by atoms with E-state index in [2.05, 4.69) is 50.3 Å². The van der Waals surface area contributed by atoms with Crippen molar-refractivity contribution in [2.24, 2.45) is 0 Å². The van der Waals surface area contributed by atoms with E-state index in [1.165, 1.54) is 24.0 Å². The Kier molecular flexibility index (Phi) is 4.01. The van der Waals surface area contributed by atoms with Crippen molar-refractivity contribution in [2.75, 3.05) is 6.61 Å². The smallest absolute Gasteiger partial charge is 0.0906 e. The first kappa shape index (κ1) is 12.4. The van der Waals surface area contributed by atoms with Gasteiger partial charge in [-0.05, 0) is 30.9 Å². The molecule has 0 saturated heterocycles. The summed E-state index contributed by atoms with van der Waals surface area (Å²) in [4.78, 5) is 0. The highest BCUT2D eigenvalue weighted by atomic mass is 16.5. The minimum Gasteiger partial charge on any atom is -0.370 e. The molecule has 0 bridgehead atoms. The zero-order chi connectivity index (χ0) is 12.1. The zero-order valence-corrected chi connectivity index (χ0v) is 10.9. The fraction of sp³-hybridized carbons (Fsp3) is 0.500. The molecular formula is C16H22O. The predicted molar refractivity (Wildman–Crippen MR) is 72.9 cm³/mol. The van der Waals surface area contributed by atoms with Crippen molar-refractivity contribution >= 4 is 5.57 Å². The maximum absolute atomic E-state index is 6.07. The zero-order valence-electron chi connectivity index (χ0n) is 10.9. The van der Waals surface area contributed by atoms with Gasteiger partial charge in [0.15, 0.2) is 0 Å². The van der Waals surface area contributed by atoms with Gasteiger partial charge >= 0.3 is 0 Å². The Balaban J connectivity index is 2.26. The molecule has 0 saturated carbocycles. The van der Waals surface area contributed by atoms with Gasteiger partial charge in [-0.25, -0.2) is 0 Å². The van der Waals surface area contributed by atoms with Crippen LogP contribution >= 0.6 is 0 Å². The van der Waals surface area contributed by atoms with Crippen molar-refractivity contribution in [3.8, 4) is 0 Å². The quantitative estimate of drug-likeness (QED) is 0.743. The molecule has 2 rings (SSSR count). The Labute approximate surface area is 104 Å². The molecule has 1 aliphatic rings. The standard InChI is InChI=1S/C16H22O/c1-3-4-12-16(2)15(11-8-13-17-16)14-9-6-5-7-10-14/h5-7,9-11H,3-4,8,12-13H2,1-2H3. The maximum atomic E-state index is 6.07. The molecule has 0 aliphatic carbocycles. The summed E-state index contributed by atoms with van der Waals surface area (Å²) in [5.74, 6) is 0. The lowest BCUT2D eigenvalue weighted by atomic mass is 9.83. The van der Waals surface area contributed by atoms with E-state index >= 15 is 0 Å². The molecule has 1 aromatic rings. The van der Waals surface area contributed by atoms with Crippen LogP contribution in [0.25, 0.3) is 5.57 Å². The lowest BCUT2D eigenvalue weighted by Gasteiger charge is -2.36. The van der Waals surface area contributed by atoms with Gasteiger partial charge in [-0.3, -0.25) is 0 Å². The van der Waals surface area contributed by atoms with Crippen LogP contribution in [-0.4, -0.2) is 12.2 Å². The van der Waals surface area contributed by atoms with Crippen LogP contribution in [0.2, 0.25) is 0 Å². The Morgan fingerprint density at radius 3 is 2.71 bits per heavy atom. The van der Waals surface area contributed by atoms with Gasteiger partial charge in [0.05, 0.1) is 12.2 Å². The number of benzene rings is 1. The molecule has 0 N–H and O–H groups in total. The van der Waals surface area contributed by atoms with Crippen LogP contribution in [0, 0.1) is 0 Å². The van der Waals surface area contributed by atoms with Crippen molar-refractivity contribution in [3.63, 3.8) is 0 Å². The highest BCUT2D eigenvalue weighted by Gasteiger charge is 2.32. The van der Waals surface area contributed by atoms with Crippen LogP contribution in [0.1, 0.15) is 45.1 Å². The van der Waals surface area contributed by atoms with E-state index < -0.39 is 0 Å². The van der Waals surface area contributed by atoms with Crippen molar-refractivity contribution in [1.29, 1.82) is 0 Å². The lowest BCUT2D eigenvalue weighted by Crippen LogP contribution is -2.33. The van der Waals surface area contributed by atoms with Crippen molar-refractivity contribution in [1.82, 2.24) is 0 Å². The normalized spacial score (nSPS) is 24.5. The summed E-state index contributed by atoms with van der Waals surface area (Å²) >= 11 is 0. The predicted octanol–water partition coefficient (Wildman–Crippen LogP) is 4.44. The fourth-order valence-corrected chi connectivity index (χ4v) is 2.54. The van der Waals surface area contributed by atoms with Gasteiger partial charge in [0.25, 0.3) is 0 Å². The summed E-state index contributed by atoms with van der Waals surface area (Å²) in [5, 5.41) is 0. The molecule has 1 atom stereocenters. The average molecular weight is 230 g/mol. The highest BCUT2D eigenvalue weighted by molar-refractivity contribution is 5.72. The van der Waals surface area contributed by atoms with Crippen LogP contribution in [0.4, 0.5) is 0 Å². The van der Waals surface area contributed by atoms with E-state index in [4.69, 9.17) is 4.74 Å². The fourth-order valence-electron chi connectivity index (χ4n) is 2.54. The third kappa shape index (κ3) is 2.78. The summed E-state index contributed by atoms with van der Waals surface area (Å²) in [6, 6.07) is 10.6. The maximum Gasteiger partial charge on any atom is 0.0906 e. The average Bonchev–Trinajstić information content (AvgIpc) is 2.38. The first-order valence-corrected chi connectivity index (χ1v) is 6.66. The summed E-state index contributed by atoms with van der Waals surface area (Å²) in [6.45, 7) is 5.33. The highest BCUT2D eigenvalue weighted by Crippen LogP contribution is 2.37. The van der Waals surface area contributed by atoms with Gasteiger partial charge in [-0.15, -0.1) is 0 Å². The molecule has 17 heavy (non-hydrogen) atoms. The second-order valence-electron chi connectivity index (χ2n) is 4.96. The van der Waals surface area contributed by atoms with Crippen molar-refractivity contribution in [3.05, 3.63) is 42.0 Å². The molecule has 0 amide bonds. The third-order valence-corrected chi connectivity index (χ3v) is 3.55. The number of hydrogen-bond acceptors (Lipinski definition) is 1. The summed E-state index contributed by atoms with van der Waals surface area (Å²) in [5.41, 5.74) is 2.60. The molecule has 0 radical (unpaired) electrons. The molecule has 1 heteroatoms. The van der Waals surface area contributed by atoms with Gasteiger partial charge in [-0.2, -0.15) is 0 Å². The number of unbranched alkanes of at least 4 members (excludes halogenated alkanes) is 1. The van der Waals surface area contributed by atoms with Crippen LogP contribution in [-0.2, 0) is 4.74 Å². The van der Waals surface area contributed by atoms with E-state index in [1.54, 1.807) is 0 Å². The van der Waals surface area contributed by atoms with E-state index in [1.807, 2.05) is 0 Å². The molecule has 1 nitrogen and oxygen atoms in total. The SMILES string of the molecule is CCCCC1(C)OCCC=C1c1ccccc1. The monoisotopic (exact) mass is 230 g/mol. The number of ether oxygens (including phenoxy) is 1. The van der Waals surface area contributed by atoms with Gasteiger partial charge < -0.3 is 4.74 Å². The molecule has 0 spiro atoms. The Morgan fingerprint density at radius 2 is 2.00 bits per heavy atom. The van der Waals surface area contributed by atoms with Gasteiger partial charge in [0, 0.05) is 0 Å². The summed E-state index contributed by atoms with van der Waals surface area (Å²) in [6.07, 6.45) is 6.95. The van der Waals surface area contributed by atoms with E-state index in [9.17, 15) is 0 Å². The third-order valence-electron chi connectivity index (χ3n) is 3.55. The van der Waals surface area contributed by atoms with E-state index in [0.29, 0.717) is 0 Å². The van der Waals surface area contributed by atoms with Gasteiger partial charge in [-0.1, -0.05) is 56.2 Å². The molecule has 0 aromatic heterocycles. The Hall–Kier alpha value is -1.08. The van der Waals surface area contributed by atoms with Crippen molar-refractivity contribution in [2.45, 2.75) is 45.1 Å². The first-order chi connectivity index (χ1) is 8.26. The summed E-state index contributed by atoms with van der Waals surface area (Å²) < 4.78 is 6.07. The minimum atomic E-state index is -0.0877. The number of hydrogen-bond donors (Lipinski definition) is 0. The molecule has 0 fully saturated rings. The lowest BCUT2D eigenvalue weighted by molar-refractivity contribution is 0.00154. The molecule has 1 heterocycles. The summed E-state index contributed by atoms with van der Waals surface area (Å²) in [7, 11) is 0. The second kappa shape index (κ2) is 5.50.